The summed E-state index contributed by atoms with van der Waals surface area (Å²) in [6.45, 7) is 9.64. The van der Waals surface area contributed by atoms with E-state index >= 15 is 0 Å². The maximum Gasteiger partial charge on any atom is 0.241 e. The van der Waals surface area contributed by atoms with Crippen molar-refractivity contribution in [3.05, 3.63) is 66.5 Å². The van der Waals surface area contributed by atoms with Gasteiger partial charge >= 0.3 is 0 Å². The summed E-state index contributed by atoms with van der Waals surface area (Å²) in [5, 5.41) is 8.55. The maximum atomic E-state index is 12.7. The molecule has 4 rings (SSSR count). The summed E-state index contributed by atoms with van der Waals surface area (Å²) in [4.78, 5) is 4.87. The van der Waals surface area contributed by atoms with E-state index in [-0.39, 0.29) is 0 Å². The molecule has 32 heavy (non-hydrogen) atoms. The van der Waals surface area contributed by atoms with E-state index in [0.29, 0.717) is 4.90 Å². The lowest BCUT2D eigenvalue weighted by molar-refractivity contribution is 0.247. The quantitative estimate of drug-likeness (QED) is 0.617. The molecule has 2 heterocycles. The van der Waals surface area contributed by atoms with Gasteiger partial charge in [-0.25, -0.2) is 17.8 Å². The van der Waals surface area contributed by atoms with Crippen LogP contribution in [-0.2, 0) is 16.6 Å². The summed E-state index contributed by atoms with van der Waals surface area (Å²) in [7, 11) is -3.56. The van der Waals surface area contributed by atoms with Crippen molar-refractivity contribution in [3.63, 3.8) is 0 Å². The highest BCUT2D eigenvalue weighted by Gasteiger charge is 2.24. The zero-order valence-corrected chi connectivity index (χ0v) is 19.6. The first kappa shape index (κ1) is 22.4. The van der Waals surface area contributed by atoms with Crippen LogP contribution in [0.2, 0.25) is 0 Å². The number of para-hydroxylation sites is 1. The number of hydrogen-bond acceptors (Lipinski definition) is 6. The lowest BCUT2D eigenvalue weighted by Gasteiger charge is -2.35. The monoisotopic (exact) mass is 454 g/mol. The van der Waals surface area contributed by atoms with Crippen molar-refractivity contribution in [2.24, 2.45) is 0 Å². The molecule has 0 aliphatic carbocycles. The molecule has 0 amide bonds. The fourth-order valence-corrected chi connectivity index (χ4v) is 5.24. The Hall–Kier alpha value is -2.75. The number of benzene rings is 2. The average molecular weight is 455 g/mol. The van der Waals surface area contributed by atoms with Crippen LogP contribution in [0.25, 0.3) is 5.69 Å². The molecule has 0 spiro atoms. The van der Waals surface area contributed by atoms with E-state index in [4.69, 9.17) is 0 Å². The van der Waals surface area contributed by atoms with Gasteiger partial charge in [0.05, 0.1) is 22.5 Å². The number of aromatic nitrogens is 3. The van der Waals surface area contributed by atoms with Crippen LogP contribution in [0.1, 0.15) is 26.5 Å². The van der Waals surface area contributed by atoms with Crippen molar-refractivity contribution in [3.8, 4) is 5.69 Å². The Morgan fingerprint density at radius 2 is 1.62 bits per heavy atom. The van der Waals surface area contributed by atoms with E-state index in [1.807, 2.05) is 63.4 Å². The van der Waals surface area contributed by atoms with Gasteiger partial charge in [-0.3, -0.25) is 4.90 Å². The number of nitrogens with one attached hydrogen (secondary N) is 1. The zero-order valence-electron chi connectivity index (χ0n) is 18.8. The predicted molar refractivity (Wildman–Crippen MR) is 125 cm³/mol. The van der Waals surface area contributed by atoms with Gasteiger partial charge in [-0.2, -0.15) is 0 Å². The molecule has 1 fully saturated rings. The third-order valence-corrected chi connectivity index (χ3v) is 7.01. The van der Waals surface area contributed by atoms with Crippen molar-refractivity contribution in [1.82, 2.24) is 24.6 Å². The molecular formula is C23H30N6O2S. The van der Waals surface area contributed by atoms with Crippen LogP contribution in [0, 0.1) is 0 Å². The molecule has 1 saturated heterocycles. The van der Waals surface area contributed by atoms with Crippen LogP contribution in [0.5, 0.6) is 0 Å². The van der Waals surface area contributed by atoms with Crippen LogP contribution in [0.4, 0.5) is 5.69 Å². The van der Waals surface area contributed by atoms with Crippen LogP contribution in [0.3, 0.4) is 0 Å². The minimum absolute atomic E-state index is 0.296. The van der Waals surface area contributed by atoms with E-state index in [9.17, 15) is 8.42 Å². The van der Waals surface area contributed by atoms with Crippen LogP contribution in [0.15, 0.2) is 65.7 Å². The smallest absolute Gasteiger partial charge is 0.241 e. The molecule has 9 heteroatoms. The molecule has 0 saturated carbocycles. The summed E-state index contributed by atoms with van der Waals surface area (Å²) in [6.07, 6.45) is 1.97. The molecule has 0 atom stereocenters. The van der Waals surface area contributed by atoms with Gasteiger partial charge in [-0.1, -0.05) is 29.5 Å². The second kappa shape index (κ2) is 9.01. The van der Waals surface area contributed by atoms with Crippen LogP contribution >= 0.6 is 0 Å². The molecule has 170 valence electrons. The SMILES string of the molecule is CC(C)(C)NS(=O)(=O)c1cccc(N2CCN(Cc3cn(-c4ccccc4)nn3)CC2)c1. The van der Waals surface area contributed by atoms with Gasteiger partial charge in [0, 0.05) is 44.0 Å². The molecule has 0 radical (unpaired) electrons. The van der Waals surface area contributed by atoms with Gasteiger partial charge in [0.25, 0.3) is 0 Å². The Bertz CT molecular complexity index is 1150. The van der Waals surface area contributed by atoms with Gasteiger partial charge in [-0.15, -0.1) is 5.10 Å². The van der Waals surface area contributed by atoms with Crippen molar-refractivity contribution in [1.29, 1.82) is 0 Å². The van der Waals surface area contributed by atoms with Gasteiger partial charge in [0.2, 0.25) is 10.0 Å². The molecule has 2 aromatic carbocycles. The van der Waals surface area contributed by atoms with Crippen LogP contribution in [-0.4, -0.2) is 60.0 Å². The van der Waals surface area contributed by atoms with Gasteiger partial charge in [-0.05, 0) is 51.1 Å². The highest BCUT2D eigenvalue weighted by molar-refractivity contribution is 7.89. The normalized spacial score (nSPS) is 15.8. The van der Waals surface area contributed by atoms with Crippen molar-refractivity contribution in [2.45, 2.75) is 37.8 Å². The first-order valence-electron chi connectivity index (χ1n) is 10.8. The summed E-state index contributed by atoms with van der Waals surface area (Å²) in [5.74, 6) is 0. The topological polar surface area (TPSA) is 83.4 Å². The summed E-state index contributed by atoms with van der Waals surface area (Å²) >= 11 is 0. The molecule has 1 aromatic heterocycles. The fourth-order valence-electron chi connectivity index (χ4n) is 3.78. The Balaban J connectivity index is 1.37. The summed E-state index contributed by atoms with van der Waals surface area (Å²) < 4.78 is 29.9. The van der Waals surface area contributed by atoms with Gasteiger partial charge in [0.1, 0.15) is 0 Å². The average Bonchev–Trinajstić information content (AvgIpc) is 3.22. The third kappa shape index (κ3) is 5.53. The lowest BCUT2D eigenvalue weighted by atomic mass is 10.1. The number of piperazine rings is 1. The Morgan fingerprint density at radius 1 is 0.938 bits per heavy atom. The van der Waals surface area contributed by atoms with E-state index < -0.39 is 15.6 Å². The maximum absolute atomic E-state index is 12.7. The second-order valence-electron chi connectivity index (χ2n) is 9.11. The first-order chi connectivity index (χ1) is 15.2. The molecule has 8 nitrogen and oxygen atoms in total. The molecule has 1 aliphatic rings. The van der Waals surface area contributed by atoms with Crippen molar-refractivity contribution in [2.75, 3.05) is 31.1 Å². The minimum Gasteiger partial charge on any atom is -0.369 e. The number of nitrogens with zero attached hydrogens (tertiary/aromatic N) is 5. The predicted octanol–water partition coefficient (Wildman–Crippen LogP) is 2.67. The molecule has 0 bridgehead atoms. The largest absolute Gasteiger partial charge is 0.369 e. The number of hydrogen-bond donors (Lipinski definition) is 1. The van der Waals surface area contributed by atoms with Crippen molar-refractivity contribution < 1.29 is 8.42 Å². The summed E-state index contributed by atoms with van der Waals surface area (Å²) in [5.41, 5.74) is 2.33. The highest BCUT2D eigenvalue weighted by Crippen LogP contribution is 2.22. The zero-order chi connectivity index (χ0) is 22.8. The molecular weight excluding hydrogens is 424 g/mol. The van der Waals surface area contributed by atoms with Gasteiger partial charge in [0.15, 0.2) is 0 Å². The summed E-state index contributed by atoms with van der Waals surface area (Å²) in [6, 6.07) is 17.1. The number of rotatable bonds is 6. The fraction of sp³-hybridized carbons (Fsp3) is 0.391. The Kier molecular flexibility index (Phi) is 6.32. The first-order valence-corrected chi connectivity index (χ1v) is 12.3. The van der Waals surface area contributed by atoms with E-state index in [2.05, 4.69) is 24.8 Å². The molecule has 1 aliphatic heterocycles. The van der Waals surface area contributed by atoms with E-state index in [0.717, 1.165) is 49.8 Å². The minimum atomic E-state index is -3.56. The number of anilines is 1. The standard InChI is InChI=1S/C23H30N6O2S/c1-23(2,3)25-32(30,31)22-11-7-10-21(16-22)28-14-12-27(13-15-28)17-19-18-29(26-24-19)20-8-5-4-6-9-20/h4-11,16,18,25H,12-15,17H2,1-3H3. The Morgan fingerprint density at radius 3 is 2.31 bits per heavy atom. The highest BCUT2D eigenvalue weighted by atomic mass is 32.2. The van der Waals surface area contributed by atoms with Crippen LogP contribution < -0.4 is 9.62 Å². The third-order valence-electron chi connectivity index (χ3n) is 5.25. The van der Waals surface area contributed by atoms with Crippen molar-refractivity contribution >= 4 is 15.7 Å². The van der Waals surface area contributed by atoms with E-state index in [1.165, 1.54) is 0 Å². The molecule has 0 unspecified atom stereocenters. The lowest BCUT2D eigenvalue weighted by Crippen LogP contribution is -2.46. The van der Waals surface area contributed by atoms with E-state index in [1.54, 1.807) is 22.9 Å². The van der Waals surface area contributed by atoms with Gasteiger partial charge < -0.3 is 4.90 Å². The molecule has 1 N–H and O–H groups in total. The second-order valence-corrected chi connectivity index (χ2v) is 10.8. The molecule has 3 aromatic rings. The Labute approximate surface area is 189 Å². The number of sulfonamides is 1.